The third kappa shape index (κ3) is 4.03. The molecule has 29 heavy (non-hydrogen) atoms. The minimum Gasteiger partial charge on any atom is -0.454 e. The average Bonchev–Trinajstić information content (AvgIpc) is 2.96. The van der Waals surface area contributed by atoms with Gasteiger partial charge in [0.15, 0.2) is 6.61 Å². The van der Waals surface area contributed by atoms with E-state index >= 15 is 0 Å². The molecule has 2 rings (SSSR count). The number of carbonyl (C=O) groups excluding carboxylic acids is 2. The van der Waals surface area contributed by atoms with Crippen molar-refractivity contribution in [2.45, 2.75) is 53.6 Å². The molecule has 0 saturated heterocycles. The zero-order valence-electron chi connectivity index (χ0n) is 17.7. The number of carbonyl (C=O) groups is 2. The zero-order chi connectivity index (χ0) is 22.0. The standard InChI is InChI=1S/C20H28N4O5/c1-7-8-23-17(21)16(18(26)22(6)20(23)28)15(25)10-29-19(27)14-9-12(4)24(11(2)3)13(14)5/h9,11H,7-8,10,21H2,1-6H3. The Morgan fingerprint density at radius 2 is 1.83 bits per heavy atom. The summed E-state index contributed by atoms with van der Waals surface area (Å²) >= 11 is 0. The van der Waals surface area contributed by atoms with Crippen molar-refractivity contribution in [3.63, 3.8) is 0 Å². The highest BCUT2D eigenvalue weighted by Gasteiger charge is 2.24. The predicted molar refractivity (Wildman–Crippen MR) is 110 cm³/mol. The molecule has 0 radical (unpaired) electrons. The average molecular weight is 404 g/mol. The van der Waals surface area contributed by atoms with Crippen LogP contribution < -0.4 is 17.0 Å². The van der Waals surface area contributed by atoms with E-state index in [1.54, 1.807) is 13.0 Å². The minimum absolute atomic E-state index is 0.167. The third-order valence-corrected chi connectivity index (χ3v) is 4.86. The molecule has 0 unspecified atom stereocenters. The number of aryl methyl sites for hydroxylation is 1. The fourth-order valence-corrected chi connectivity index (χ4v) is 3.54. The molecule has 0 spiro atoms. The van der Waals surface area contributed by atoms with E-state index in [0.29, 0.717) is 12.0 Å². The van der Waals surface area contributed by atoms with Gasteiger partial charge >= 0.3 is 11.7 Å². The zero-order valence-corrected chi connectivity index (χ0v) is 17.7. The number of hydrogen-bond donors (Lipinski definition) is 1. The Hall–Kier alpha value is -3.10. The van der Waals surface area contributed by atoms with E-state index in [9.17, 15) is 19.2 Å². The van der Waals surface area contributed by atoms with Gasteiger partial charge in [0.25, 0.3) is 5.56 Å². The Morgan fingerprint density at radius 1 is 1.21 bits per heavy atom. The van der Waals surface area contributed by atoms with E-state index in [4.69, 9.17) is 10.5 Å². The highest BCUT2D eigenvalue weighted by Crippen LogP contribution is 2.21. The van der Waals surface area contributed by atoms with Crippen LogP contribution >= 0.6 is 0 Å². The van der Waals surface area contributed by atoms with E-state index < -0.39 is 29.6 Å². The van der Waals surface area contributed by atoms with Gasteiger partial charge < -0.3 is 15.0 Å². The first kappa shape index (κ1) is 22.2. The number of aromatic nitrogens is 3. The van der Waals surface area contributed by atoms with Crippen LogP contribution in [0.5, 0.6) is 0 Å². The van der Waals surface area contributed by atoms with Gasteiger partial charge in [-0.15, -0.1) is 0 Å². The van der Waals surface area contributed by atoms with Crippen LogP contribution in [0.25, 0.3) is 0 Å². The number of hydrogen-bond acceptors (Lipinski definition) is 6. The maximum absolute atomic E-state index is 12.6. The van der Waals surface area contributed by atoms with Crippen molar-refractivity contribution in [3.05, 3.63) is 49.4 Å². The summed E-state index contributed by atoms with van der Waals surface area (Å²) in [6.07, 6.45) is 0.594. The largest absolute Gasteiger partial charge is 0.454 e. The number of nitrogen functional groups attached to an aromatic ring is 1. The molecule has 2 aromatic heterocycles. The van der Waals surface area contributed by atoms with Gasteiger partial charge in [0.2, 0.25) is 5.78 Å². The van der Waals surface area contributed by atoms with E-state index in [-0.39, 0.29) is 24.0 Å². The second-order valence-corrected chi connectivity index (χ2v) is 7.31. The molecular weight excluding hydrogens is 376 g/mol. The Morgan fingerprint density at radius 3 is 2.34 bits per heavy atom. The summed E-state index contributed by atoms with van der Waals surface area (Å²) in [6, 6.07) is 1.87. The normalized spacial score (nSPS) is 11.1. The summed E-state index contributed by atoms with van der Waals surface area (Å²) in [5.41, 5.74) is 6.18. The van der Waals surface area contributed by atoms with Crippen LogP contribution in [0.3, 0.4) is 0 Å². The van der Waals surface area contributed by atoms with Crippen molar-refractivity contribution in [1.29, 1.82) is 0 Å². The van der Waals surface area contributed by atoms with E-state index in [1.807, 2.05) is 32.3 Å². The van der Waals surface area contributed by atoms with Crippen LogP contribution in [0.4, 0.5) is 5.82 Å². The molecule has 0 bridgehead atoms. The first-order valence-electron chi connectivity index (χ1n) is 9.50. The molecule has 9 nitrogen and oxygen atoms in total. The van der Waals surface area contributed by atoms with Crippen molar-refractivity contribution >= 4 is 17.6 Å². The molecule has 2 heterocycles. The van der Waals surface area contributed by atoms with Crippen molar-refractivity contribution < 1.29 is 14.3 Å². The van der Waals surface area contributed by atoms with Gasteiger partial charge in [-0.25, -0.2) is 9.59 Å². The molecule has 158 valence electrons. The number of anilines is 1. The van der Waals surface area contributed by atoms with Crippen molar-refractivity contribution in [2.24, 2.45) is 7.05 Å². The maximum Gasteiger partial charge on any atom is 0.340 e. The summed E-state index contributed by atoms with van der Waals surface area (Å²) in [5, 5.41) is 0. The molecule has 2 N–H and O–H groups in total. The lowest BCUT2D eigenvalue weighted by atomic mass is 10.2. The Bertz CT molecular complexity index is 1070. The van der Waals surface area contributed by atoms with Crippen LogP contribution in [-0.2, 0) is 18.3 Å². The molecule has 2 aromatic rings. The highest BCUT2D eigenvalue weighted by molar-refractivity contribution is 6.02. The molecule has 0 fully saturated rings. The Kier molecular flexibility index (Phi) is 6.51. The summed E-state index contributed by atoms with van der Waals surface area (Å²) in [6.45, 7) is 9.16. The maximum atomic E-state index is 12.6. The van der Waals surface area contributed by atoms with Gasteiger partial charge in [-0.2, -0.15) is 0 Å². The summed E-state index contributed by atoms with van der Waals surface area (Å²) in [4.78, 5) is 49.7. The molecule has 0 aromatic carbocycles. The predicted octanol–water partition coefficient (Wildman–Crippen LogP) is 1.58. The monoisotopic (exact) mass is 404 g/mol. The van der Waals surface area contributed by atoms with Gasteiger partial charge in [0, 0.05) is 31.0 Å². The molecule has 0 saturated carbocycles. The summed E-state index contributed by atoms with van der Waals surface area (Å²) < 4.78 is 9.16. The topological polar surface area (TPSA) is 118 Å². The Labute approximate surface area is 168 Å². The summed E-state index contributed by atoms with van der Waals surface area (Å²) in [5.74, 6) is -1.62. The summed E-state index contributed by atoms with van der Waals surface area (Å²) in [7, 11) is 1.28. The van der Waals surface area contributed by atoms with Crippen LogP contribution in [0.1, 0.15) is 65.3 Å². The van der Waals surface area contributed by atoms with Crippen molar-refractivity contribution in [1.82, 2.24) is 13.7 Å². The molecule has 0 aliphatic rings. The molecule has 0 aliphatic heterocycles. The fourth-order valence-electron chi connectivity index (χ4n) is 3.54. The van der Waals surface area contributed by atoms with E-state index in [2.05, 4.69) is 0 Å². The van der Waals surface area contributed by atoms with Gasteiger partial charge in [-0.05, 0) is 40.2 Å². The lowest BCUT2D eigenvalue weighted by Crippen LogP contribution is -2.43. The van der Waals surface area contributed by atoms with Crippen LogP contribution in [0.2, 0.25) is 0 Å². The minimum atomic E-state index is -0.807. The van der Waals surface area contributed by atoms with Gasteiger partial charge in [0.1, 0.15) is 11.4 Å². The quantitative estimate of drug-likeness (QED) is 0.553. The number of nitrogens with two attached hydrogens (primary N) is 1. The Balaban J connectivity index is 2.31. The molecule has 0 aliphatic carbocycles. The number of nitrogens with zero attached hydrogens (tertiary/aromatic N) is 3. The smallest absolute Gasteiger partial charge is 0.340 e. The molecule has 0 amide bonds. The van der Waals surface area contributed by atoms with E-state index in [1.165, 1.54) is 11.6 Å². The molecule has 9 heteroatoms. The molecule has 0 atom stereocenters. The number of ketones is 1. The lowest BCUT2D eigenvalue weighted by Gasteiger charge is -2.14. The third-order valence-electron chi connectivity index (χ3n) is 4.86. The van der Waals surface area contributed by atoms with E-state index in [0.717, 1.165) is 16.0 Å². The van der Waals surface area contributed by atoms with Gasteiger partial charge in [-0.1, -0.05) is 6.92 Å². The van der Waals surface area contributed by atoms with Crippen LogP contribution in [-0.4, -0.2) is 32.1 Å². The van der Waals surface area contributed by atoms with Crippen molar-refractivity contribution in [2.75, 3.05) is 12.3 Å². The van der Waals surface area contributed by atoms with Crippen LogP contribution in [0, 0.1) is 13.8 Å². The fraction of sp³-hybridized carbons (Fsp3) is 0.500. The van der Waals surface area contributed by atoms with Gasteiger partial charge in [-0.3, -0.25) is 18.7 Å². The van der Waals surface area contributed by atoms with Crippen LogP contribution in [0.15, 0.2) is 15.7 Å². The number of Topliss-reactive ketones (excluding diaryl/α,β-unsaturated/α-hetero) is 1. The second kappa shape index (κ2) is 8.50. The van der Waals surface area contributed by atoms with Gasteiger partial charge in [0.05, 0.1) is 5.56 Å². The highest BCUT2D eigenvalue weighted by atomic mass is 16.5. The lowest BCUT2D eigenvalue weighted by molar-refractivity contribution is 0.0473. The second-order valence-electron chi connectivity index (χ2n) is 7.31. The first-order chi connectivity index (χ1) is 13.5. The number of esters is 1. The van der Waals surface area contributed by atoms with Crippen molar-refractivity contribution in [3.8, 4) is 0 Å². The first-order valence-corrected chi connectivity index (χ1v) is 9.50. The SMILES string of the molecule is CCCn1c(N)c(C(=O)COC(=O)c2cc(C)n(C(C)C)c2C)c(=O)n(C)c1=O. The number of rotatable bonds is 7. The molecular formula is C20H28N4O5. The number of ether oxygens (including phenoxy) is 1.